The van der Waals surface area contributed by atoms with E-state index >= 15 is 0 Å². The Balaban J connectivity index is 1.63. The fourth-order valence-corrected chi connectivity index (χ4v) is 3.36. The first-order valence-electron chi connectivity index (χ1n) is 7.37. The maximum Gasteiger partial charge on any atom is 0.354 e. The van der Waals surface area contributed by atoms with Crippen LogP contribution in [-0.4, -0.2) is 58.1 Å². The third-order valence-electron chi connectivity index (χ3n) is 4.39. The molecule has 1 aromatic rings. The summed E-state index contributed by atoms with van der Waals surface area (Å²) in [6.45, 7) is 5.25. The molecule has 0 amide bonds. The van der Waals surface area contributed by atoms with Gasteiger partial charge in [-0.1, -0.05) is 6.07 Å². The van der Waals surface area contributed by atoms with Gasteiger partial charge in [0.15, 0.2) is 5.69 Å². The van der Waals surface area contributed by atoms with E-state index in [1.807, 2.05) is 12.1 Å². The first-order chi connectivity index (χ1) is 9.74. The molecule has 20 heavy (non-hydrogen) atoms. The van der Waals surface area contributed by atoms with Crippen LogP contribution in [0.25, 0.3) is 0 Å². The molecule has 2 fully saturated rings. The van der Waals surface area contributed by atoms with Crippen LogP contribution in [0.3, 0.4) is 0 Å². The SMILES string of the molecule is O=C(O)c1ncccc1CN1CCC(N2CCCC2)C1. The van der Waals surface area contributed by atoms with Crippen molar-refractivity contribution >= 4 is 5.97 Å². The molecule has 3 heterocycles. The summed E-state index contributed by atoms with van der Waals surface area (Å²) in [6.07, 6.45) is 5.39. The first kappa shape index (κ1) is 13.5. The van der Waals surface area contributed by atoms with Crippen LogP contribution in [0, 0.1) is 0 Å². The number of likely N-dealkylation sites (tertiary alicyclic amines) is 2. The molecule has 1 aromatic heterocycles. The van der Waals surface area contributed by atoms with Gasteiger partial charge in [0.05, 0.1) is 0 Å². The summed E-state index contributed by atoms with van der Waals surface area (Å²) in [5, 5.41) is 9.17. The molecular weight excluding hydrogens is 254 g/mol. The molecule has 1 atom stereocenters. The van der Waals surface area contributed by atoms with Crippen LogP contribution in [-0.2, 0) is 6.54 Å². The molecule has 0 aliphatic carbocycles. The summed E-state index contributed by atoms with van der Waals surface area (Å²) >= 11 is 0. The van der Waals surface area contributed by atoms with Crippen LogP contribution >= 0.6 is 0 Å². The molecule has 0 spiro atoms. The molecule has 2 saturated heterocycles. The van der Waals surface area contributed by atoms with Gasteiger partial charge < -0.3 is 5.11 Å². The third-order valence-corrected chi connectivity index (χ3v) is 4.39. The Morgan fingerprint density at radius 3 is 2.90 bits per heavy atom. The van der Waals surface area contributed by atoms with Crippen molar-refractivity contribution in [3.63, 3.8) is 0 Å². The van der Waals surface area contributed by atoms with E-state index < -0.39 is 5.97 Å². The standard InChI is InChI=1S/C15H21N3O2/c19-15(20)14-12(4-3-6-16-14)10-17-9-5-13(11-17)18-7-1-2-8-18/h3-4,6,13H,1-2,5,7-11H2,(H,19,20). The number of rotatable bonds is 4. The number of aromatic carboxylic acids is 1. The van der Waals surface area contributed by atoms with E-state index in [-0.39, 0.29) is 5.69 Å². The summed E-state index contributed by atoms with van der Waals surface area (Å²) in [6, 6.07) is 4.34. The van der Waals surface area contributed by atoms with Gasteiger partial charge in [-0.25, -0.2) is 9.78 Å². The molecule has 0 saturated carbocycles. The molecule has 5 nitrogen and oxygen atoms in total. The highest BCUT2D eigenvalue weighted by Gasteiger charge is 2.29. The Morgan fingerprint density at radius 1 is 1.35 bits per heavy atom. The smallest absolute Gasteiger partial charge is 0.354 e. The zero-order chi connectivity index (χ0) is 13.9. The zero-order valence-corrected chi connectivity index (χ0v) is 11.7. The highest BCUT2D eigenvalue weighted by atomic mass is 16.4. The van der Waals surface area contributed by atoms with Gasteiger partial charge in [-0.05, 0) is 44.0 Å². The van der Waals surface area contributed by atoms with Crippen LogP contribution < -0.4 is 0 Å². The summed E-state index contributed by atoms with van der Waals surface area (Å²) in [4.78, 5) is 20.1. The average molecular weight is 275 g/mol. The number of hydrogen-bond donors (Lipinski definition) is 1. The van der Waals surface area contributed by atoms with Crippen molar-refractivity contribution in [3.8, 4) is 0 Å². The second-order valence-corrected chi connectivity index (χ2v) is 5.74. The molecule has 3 rings (SSSR count). The van der Waals surface area contributed by atoms with E-state index in [1.165, 1.54) is 32.4 Å². The zero-order valence-electron chi connectivity index (χ0n) is 11.7. The number of carboxylic acids is 1. The highest BCUT2D eigenvalue weighted by molar-refractivity contribution is 5.86. The summed E-state index contributed by atoms with van der Waals surface area (Å²) < 4.78 is 0. The van der Waals surface area contributed by atoms with Crippen molar-refractivity contribution in [2.24, 2.45) is 0 Å². The Morgan fingerprint density at radius 2 is 2.15 bits per heavy atom. The van der Waals surface area contributed by atoms with E-state index in [4.69, 9.17) is 0 Å². The largest absolute Gasteiger partial charge is 0.477 e. The number of nitrogens with zero attached hydrogens (tertiary/aromatic N) is 3. The average Bonchev–Trinajstić information content (AvgIpc) is 3.09. The number of aromatic nitrogens is 1. The predicted octanol–water partition coefficient (Wildman–Crippen LogP) is 1.45. The van der Waals surface area contributed by atoms with Gasteiger partial charge >= 0.3 is 5.97 Å². The second-order valence-electron chi connectivity index (χ2n) is 5.74. The fraction of sp³-hybridized carbons (Fsp3) is 0.600. The van der Waals surface area contributed by atoms with Crippen LogP contribution in [0.15, 0.2) is 18.3 Å². The molecule has 1 unspecified atom stereocenters. The number of pyridine rings is 1. The first-order valence-corrected chi connectivity index (χ1v) is 7.37. The van der Waals surface area contributed by atoms with E-state index in [1.54, 1.807) is 6.20 Å². The van der Waals surface area contributed by atoms with Crippen LogP contribution in [0.1, 0.15) is 35.3 Å². The van der Waals surface area contributed by atoms with Gasteiger partial charge in [0.25, 0.3) is 0 Å². The number of carboxylic acid groups (broad SMARTS) is 1. The van der Waals surface area contributed by atoms with Gasteiger partial charge in [0, 0.05) is 31.9 Å². The lowest BCUT2D eigenvalue weighted by Crippen LogP contribution is -2.35. The molecular formula is C15H21N3O2. The van der Waals surface area contributed by atoms with Crippen molar-refractivity contribution in [3.05, 3.63) is 29.6 Å². The maximum absolute atomic E-state index is 11.2. The van der Waals surface area contributed by atoms with E-state index in [0.29, 0.717) is 12.6 Å². The minimum atomic E-state index is -0.934. The van der Waals surface area contributed by atoms with Gasteiger partial charge in [-0.3, -0.25) is 9.80 Å². The molecule has 108 valence electrons. The van der Waals surface area contributed by atoms with Gasteiger partial charge in [0.2, 0.25) is 0 Å². The number of carbonyl (C=O) groups is 1. The van der Waals surface area contributed by atoms with Crippen molar-refractivity contribution in [2.45, 2.75) is 31.8 Å². The van der Waals surface area contributed by atoms with Crippen LogP contribution in [0.2, 0.25) is 0 Å². The maximum atomic E-state index is 11.2. The monoisotopic (exact) mass is 275 g/mol. The van der Waals surface area contributed by atoms with E-state index in [2.05, 4.69) is 14.8 Å². The van der Waals surface area contributed by atoms with E-state index in [9.17, 15) is 9.90 Å². The fourth-order valence-electron chi connectivity index (χ4n) is 3.36. The third kappa shape index (κ3) is 2.83. The second kappa shape index (κ2) is 5.89. The van der Waals surface area contributed by atoms with E-state index in [0.717, 1.165) is 18.7 Å². The molecule has 0 radical (unpaired) electrons. The predicted molar refractivity (Wildman–Crippen MR) is 75.7 cm³/mol. The van der Waals surface area contributed by atoms with Crippen LogP contribution in [0.4, 0.5) is 0 Å². The number of hydrogen-bond acceptors (Lipinski definition) is 4. The molecule has 2 aliphatic rings. The lowest BCUT2D eigenvalue weighted by atomic mass is 10.2. The minimum absolute atomic E-state index is 0.192. The lowest BCUT2D eigenvalue weighted by molar-refractivity contribution is 0.0688. The molecule has 0 bridgehead atoms. The molecule has 1 N–H and O–H groups in total. The lowest BCUT2D eigenvalue weighted by Gasteiger charge is -2.23. The summed E-state index contributed by atoms with van der Waals surface area (Å²) in [5.41, 5.74) is 1.01. The molecule has 5 heteroatoms. The topological polar surface area (TPSA) is 56.7 Å². The van der Waals surface area contributed by atoms with Crippen molar-refractivity contribution < 1.29 is 9.90 Å². The quantitative estimate of drug-likeness (QED) is 0.901. The van der Waals surface area contributed by atoms with Gasteiger partial charge in [-0.15, -0.1) is 0 Å². The van der Waals surface area contributed by atoms with Crippen molar-refractivity contribution in [1.29, 1.82) is 0 Å². The van der Waals surface area contributed by atoms with Gasteiger partial charge in [0.1, 0.15) is 0 Å². The molecule has 2 aliphatic heterocycles. The Bertz CT molecular complexity index is 486. The Hall–Kier alpha value is -1.46. The molecule has 0 aromatic carbocycles. The van der Waals surface area contributed by atoms with Crippen molar-refractivity contribution in [1.82, 2.24) is 14.8 Å². The Labute approximate surface area is 119 Å². The highest BCUT2D eigenvalue weighted by Crippen LogP contribution is 2.22. The van der Waals surface area contributed by atoms with Crippen molar-refractivity contribution in [2.75, 3.05) is 26.2 Å². The normalized spacial score (nSPS) is 24.3. The summed E-state index contributed by atoms with van der Waals surface area (Å²) in [5.74, 6) is -0.934. The summed E-state index contributed by atoms with van der Waals surface area (Å²) in [7, 11) is 0. The van der Waals surface area contributed by atoms with Crippen LogP contribution in [0.5, 0.6) is 0 Å². The minimum Gasteiger partial charge on any atom is -0.477 e. The Kier molecular flexibility index (Phi) is 3.98. The van der Waals surface area contributed by atoms with Gasteiger partial charge in [-0.2, -0.15) is 0 Å².